The highest BCUT2D eigenvalue weighted by atomic mass is 15.2. The highest BCUT2D eigenvalue weighted by molar-refractivity contribution is 4.87. The molecule has 294 valence electrons. The maximum absolute atomic E-state index is 6.20. The molecule has 1 saturated carbocycles. The lowest BCUT2D eigenvalue weighted by molar-refractivity contribution is 0.0635. The zero-order valence-corrected chi connectivity index (χ0v) is 33.0. The van der Waals surface area contributed by atoms with Crippen LogP contribution in [0.1, 0.15) is 79.1 Å². The monoisotopic (exact) mass is 699 g/mol. The SMILES string of the molecule is CCC(C)N(CCN)CCN(CCN)C1CCCCC1CC(C)N(CCN)CCN(CCN)CCCN(CCN)CCCN(CC)CCN. The van der Waals surface area contributed by atoms with Crippen LogP contribution in [0.3, 0.4) is 0 Å². The topological polar surface area (TPSA) is 176 Å². The van der Waals surface area contributed by atoms with E-state index < -0.39 is 0 Å². The van der Waals surface area contributed by atoms with Crippen LogP contribution >= 0.6 is 0 Å². The van der Waals surface area contributed by atoms with Crippen molar-refractivity contribution in [1.82, 2.24) is 29.4 Å². The predicted molar refractivity (Wildman–Crippen MR) is 213 cm³/mol. The molecule has 12 nitrogen and oxygen atoms in total. The van der Waals surface area contributed by atoms with E-state index in [9.17, 15) is 0 Å². The average molecular weight is 699 g/mol. The molecule has 0 spiro atoms. The summed E-state index contributed by atoms with van der Waals surface area (Å²) in [5, 5.41) is 0. The van der Waals surface area contributed by atoms with Gasteiger partial charge in [-0.15, -0.1) is 0 Å². The Kier molecular flexibility index (Phi) is 28.5. The molecule has 0 aromatic carbocycles. The number of nitrogens with two attached hydrogens (primary N) is 6. The molecule has 0 aromatic heterocycles. The Bertz CT molecular complexity index is 734. The summed E-state index contributed by atoms with van der Waals surface area (Å²) in [5.74, 6) is 0.690. The highest BCUT2D eigenvalue weighted by Crippen LogP contribution is 2.32. The number of likely N-dealkylation sites (N-methyl/N-ethyl adjacent to an activating group) is 1. The van der Waals surface area contributed by atoms with Gasteiger partial charge in [-0.1, -0.05) is 26.7 Å². The van der Waals surface area contributed by atoms with E-state index in [1.165, 1.54) is 32.1 Å². The van der Waals surface area contributed by atoms with Gasteiger partial charge in [-0.3, -0.25) is 14.7 Å². The van der Waals surface area contributed by atoms with Crippen molar-refractivity contribution in [2.75, 3.05) is 137 Å². The van der Waals surface area contributed by atoms with Gasteiger partial charge in [0.25, 0.3) is 0 Å². The highest BCUT2D eigenvalue weighted by Gasteiger charge is 2.32. The van der Waals surface area contributed by atoms with Crippen molar-refractivity contribution in [3.63, 3.8) is 0 Å². The Morgan fingerprint density at radius 3 is 1.49 bits per heavy atom. The van der Waals surface area contributed by atoms with Gasteiger partial charge in [0.2, 0.25) is 0 Å². The standard InChI is InChI=1S/C37H86N12/c1-5-34(3)47(26-16-41)31-32-49(28-18-43)37-12-8-7-11-36(37)33-35(4)48(27-17-42)30-29-46(25-15-40)22-10-21-45(24-14-39)20-9-19-44(6-2)23-13-38/h34-37H,5-33,38-43H2,1-4H3. The van der Waals surface area contributed by atoms with E-state index in [-0.39, 0.29) is 0 Å². The van der Waals surface area contributed by atoms with Gasteiger partial charge in [0.15, 0.2) is 0 Å². The predicted octanol–water partition coefficient (Wildman–Crippen LogP) is 0.487. The van der Waals surface area contributed by atoms with Gasteiger partial charge < -0.3 is 49.1 Å². The van der Waals surface area contributed by atoms with Gasteiger partial charge in [0, 0.05) is 123 Å². The van der Waals surface area contributed by atoms with Crippen LogP contribution in [0, 0.1) is 5.92 Å². The van der Waals surface area contributed by atoms with Crippen molar-refractivity contribution in [2.45, 2.75) is 97.2 Å². The van der Waals surface area contributed by atoms with Gasteiger partial charge in [0.05, 0.1) is 0 Å². The summed E-state index contributed by atoms with van der Waals surface area (Å²) in [5.41, 5.74) is 36.3. The fraction of sp³-hybridized carbons (Fsp3) is 1.00. The van der Waals surface area contributed by atoms with Crippen LogP contribution in [0.15, 0.2) is 0 Å². The van der Waals surface area contributed by atoms with E-state index in [4.69, 9.17) is 34.4 Å². The molecule has 1 rings (SSSR count). The van der Waals surface area contributed by atoms with Crippen molar-refractivity contribution < 1.29 is 0 Å². The Balaban J connectivity index is 2.77. The van der Waals surface area contributed by atoms with E-state index >= 15 is 0 Å². The maximum Gasteiger partial charge on any atom is 0.0125 e. The Morgan fingerprint density at radius 2 is 0.959 bits per heavy atom. The van der Waals surface area contributed by atoms with Crippen LogP contribution in [0.25, 0.3) is 0 Å². The molecule has 12 heteroatoms. The van der Waals surface area contributed by atoms with Crippen molar-refractivity contribution >= 4 is 0 Å². The van der Waals surface area contributed by atoms with Gasteiger partial charge in [-0.2, -0.15) is 0 Å². The summed E-state index contributed by atoms with van der Waals surface area (Å²) in [7, 11) is 0. The molecule has 4 atom stereocenters. The second-order valence-electron chi connectivity index (χ2n) is 14.6. The molecule has 0 saturated heterocycles. The molecule has 0 heterocycles. The molecule has 1 aliphatic carbocycles. The molecule has 12 N–H and O–H groups in total. The van der Waals surface area contributed by atoms with E-state index in [2.05, 4.69) is 57.1 Å². The fourth-order valence-corrected chi connectivity index (χ4v) is 8.04. The van der Waals surface area contributed by atoms with Gasteiger partial charge in [-0.25, -0.2) is 0 Å². The second-order valence-corrected chi connectivity index (χ2v) is 14.6. The summed E-state index contributed by atoms with van der Waals surface area (Å²) < 4.78 is 0. The number of nitrogens with zero attached hydrogens (tertiary/aromatic N) is 6. The summed E-state index contributed by atoms with van der Waals surface area (Å²) in [6.45, 7) is 28.8. The second kappa shape index (κ2) is 30.0. The lowest BCUT2D eigenvalue weighted by Gasteiger charge is -2.43. The van der Waals surface area contributed by atoms with E-state index in [1.807, 2.05) is 0 Å². The third-order valence-electron chi connectivity index (χ3n) is 11.1. The Hall–Kier alpha value is -0.480. The number of hydrogen-bond acceptors (Lipinski definition) is 12. The van der Waals surface area contributed by atoms with Crippen LogP contribution in [-0.4, -0.2) is 185 Å². The first kappa shape index (κ1) is 46.5. The minimum atomic E-state index is 0.490. The first-order chi connectivity index (χ1) is 23.8. The van der Waals surface area contributed by atoms with Crippen LogP contribution in [0.5, 0.6) is 0 Å². The smallest absolute Gasteiger partial charge is 0.0125 e. The average Bonchev–Trinajstić information content (AvgIpc) is 3.10. The van der Waals surface area contributed by atoms with E-state index in [0.29, 0.717) is 56.8 Å². The molecule has 0 aromatic rings. The molecule has 0 bridgehead atoms. The van der Waals surface area contributed by atoms with Crippen LogP contribution < -0.4 is 34.4 Å². The Labute approximate surface area is 303 Å². The summed E-state index contributed by atoms with van der Waals surface area (Å²) >= 11 is 0. The molecular formula is C37H86N12. The zero-order chi connectivity index (χ0) is 36.3. The van der Waals surface area contributed by atoms with E-state index in [0.717, 1.165) is 124 Å². The van der Waals surface area contributed by atoms with Crippen molar-refractivity contribution in [3.05, 3.63) is 0 Å². The summed E-state index contributed by atoms with van der Waals surface area (Å²) in [4.78, 5) is 15.5. The molecule has 1 aliphatic rings. The molecule has 1 fully saturated rings. The molecule has 4 unspecified atom stereocenters. The first-order valence-corrected chi connectivity index (χ1v) is 20.4. The normalized spacial score (nSPS) is 18.6. The fourth-order valence-electron chi connectivity index (χ4n) is 8.04. The molecule has 0 amide bonds. The quantitative estimate of drug-likeness (QED) is 0.0561. The van der Waals surface area contributed by atoms with Crippen LogP contribution in [0.2, 0.25) is 0 Å². The molecule has 49 heavy (non-hydrogen) atoms. The van der Waals surface area contributed by atoms with Gasteiger partial charge in [-0.05, 0) is 91.0 Å². The Morgan fingerprint density at radius 1 is 0.490 bits per heavy atom. The summed E-state index contributed by atoms with van der Waals surface area (Å²) in [6, 6.07) is 1.65. The van der Waals surface area contributed by atoms with Crippen molar-refractivity contribution in [2.24, 2.45) is 40.3 Å². The van der Waals surface area contributed by atoms with Crippen molar-refractivity contribution in [1.29, 1.82) is 0 Å². The lowest BCUT2D eigenvalue weighted by atomic mass is 9.79. The minimum absolute atomic E-state index is 0.490. The largest absolute Gasteiger partial charge is 0.329 e. The van der Waals surface area contributed by atoms with Crippen molar-refractivity contribution in [3.8, 4) is 0 Å². The summed E-state index contributed by atoms with van der Waals surface area (Å²) in [6.07, 6.45) is 9.91. The number of rotatable bonds is 33. The molecular weight excluding hydrogens is 612 g/mol. The third kappa shape index (κ3) is 19.8. The van der Waals surface area contributed by atoms with Crippen LogP contribution in [-0.2, 0) is 0 Å². The third-order valence-corrected chi connectivity index (χ3v) is 11.1. The minimum Gasteiger partial charge on any atom is -0.329 e. The van der Waals surface area contributed by atoms with Crippen LogP contribution in [0.4, 0.5) is 0 Å². The zero-order valence-electron chi connectivity index (χ0n) is 33.0. The maximum atomic E-state index is 6.20. The molecule has 0 aliphatic heterocycles. The van der Waals surface area contributed by atoms with E-state index in [1.54, 1.807) is 0 Å². The molecule has 0 radical (unpaired) electrons. The van der Waals surface area contributed by atoms with Gasteiger partial charge >= 0.3 is 0 Å². The first-order valence-electron chi connectivity index (χ1n) is 20.4. The lowest BCUT2D eigenvalue weighted by Crippen LogP contribution is -2.51. The number of hydrogen-bond donors (Lipinski definition) is 6. The van der Waals surface area contributed by atoms with Gasteiger partial charge in [0.1, 0.15) is 0 Å².